The van der Waals surface area contributed by atoms with E-state index in [2.05, 4.69) is 10.4 Å². The van der Waals surface area contributed by atoms with Gasteiger partial charge in [0.15, 0.2) is 0 Å². The summed E-state index contributed by atoms with van der Waals surface area (Å²) in [6.07, 6.45) is 7.38. The van der Waals surface area contributed by atoms with Crippen molar-refractivity contribution >= 4 is 11.8 Å². The highest BCUT2D eigenvalue weighted by Crippen LogP contribution is 2.34. The number of hydrogen-bond donors (Lipinski definition) is 2. The molecule has 1 fully saturated rings. The molecule has 17 heavy (non-hydrogen) atoms. The maximum absolute atomic E-state index is 5.70. The Morgan fingerprint density at radius 2 is 2.41 bits per heavy atom. The van der Waals surface area contributed by atoms with Gasteiger partial charge in [0.2, 0.25) is 0 Å². The number of hydrazine groups is 1. The Morgan fingerprint density at radius 3 is 3.06 bits per heavy atom. The van der Waals surface area contributed by atoms with Crippen LogP contribution in [0.25, 0.3) is 0 Å². The first-order valence-electron chi connectivity index (χ1n) is 5.92. The summed E-state index contributed by atoms with van der Waals surface area (Å²) >= 11 is 1.99. The van der Waals surface area contributed by atoms with Gasteiger partial charge in [-0.15, -0.1) is 0 Å². The molecular weight excluding hydrogens is 234 g/mol. The van der Waals surface area contributed by atoms with E-state index in [-0.39, 0.29) is 6.04 Å². The summed E-state index contributed by atoms with van der Waals surface area (Å²) in [5, 5.41) is 0.530. The van der Waals surface area contributed by atoms with E-state index in [1.165, 1.54) is 25.0 Å². The zero-order chi connectivity index (χ0) is 12.1. The quantitative estimate of drug-likeness (QED) is 0.634. The highest BCUT2D eigenvalue weighted by molar-refractivity contribution is 8.00. The number of methoxy groups -OCH3 is 1. The van der Waals surface area contributed by atoms with Crippen molar-refractivity contribution < 1.29 is 4.74 Å². The lowest BCUT2D eigenvalue weighted by atomic mass is 10.0. The van der Waals surface area contributed by atoms with Crippen LogP contribution >= 0.6 is 11.8 Å². The fourth-order valence-corrected chi connectivity index (χ4v) is 3.60. The summed E-state index contributed by atoms with van der Waals surface area (Å²) < 4.78 is 5.20. The van der Waals surface area contributed by atoms with Gasteiger partial charge in [-0.3, -0.25) is 16.3 Å². The number of pyridine rings is 1. The second kappa shape index (κ2) is 6.23. The molecule has 1 aromatic rings. The van der Waals surface area contributed by atoms with Gasteiger partial charge in [-0.05, 0) is 30.2 Å². The van der Waals surface area contributed by atoms with Gasteiger partial charge >= 0.3 is 0 Å². The molecule has 94 valence electrons. The third kappa shape index (κ3) is 3.12. The maximum atomic E-state index is 5.70. The van der Waals surface area contributed by atoms with Gasteiger partial charge in [0.1, 0.15) is 5.75 Å². The van der Waals surface area contributed by atoms with Crippen LogP contribution in [0, 0.1) is 0 Å². The molecule has 1 saturated heterocycles. The number of ether oxygens (including phenoxy) is 1. The van der Waals surface area contributed by atoms with Crippen molar-refractivity contribution in [3.63, 3.8) is 0 Å². The minimum Gasteiger partial charge on any atom is -0.495 e. The highest BCUT2D eigenvalue weighted by Gasteiger charge is 2.25. The summed E-state index contributed by atoms with van der Waals surface area (Å²) in [6.45, 7) is 0. The minimum atomic E-state index is 0.155. The predicted octanol–water partition coefficient (Wildman–Crippen LogP) is 1.88. The highest BCUT2D eigenvalue weighted by atomic mass is 32.2. The van der Waals surface area contributed by atoms with Crippen molar-refractivity contribution in [2.24, 2.45) is 5.84 Å². The first kappa shape index (κ1) is 12.7. The number of nitrogens with zero attached hydrogens (tertiary/aromatic N) is 1. The molecule has 3 N–H and O–H groups in total. The SMILES string of the molecule is COc1cncc(C(NN)C2CCCCS2)c1. The number of thioether (sulfide) groups is 1. The topological polar surface area (TPSA) is 60.2 Å². The molecule has 0 bridgehead atoms. The average Bonchev–Trinajstić information content (AvgIpc) is 2.41. The predicted molar refractivity (Wildman–Crippen MR) is 71.0 cm³/mol. The van der Waals surface area contributed by atoms with E-state index in [4.69, 9.17) is 10.6 Å². The largest absolute Gasteiger partial charge is 0.495 e. The summed E-state index contributed by atoms with van der Waals surface area (Å²) in [4.78, 5) is 4.19. The fraction of sp³-hybridized carbons (Fsp3) is 0.583. The summed E-state index contributed by atoms with van der Waals surface area (Å²) in [5.74, 6) is 7.70. The lowest BCUT2D eigenvalue weighted by molar-refractivity contribution is 0.409. The van der Waals surface area contributed by atoms with Crippen molar-refractivity contribution in [2.45, 2.75) is 30.6 Å². The third-order valence-electron chi connectivity index (χ3n) is 3.10. The van der Waals surface area contributed by atoms with Gasteiger partial charge in [-0.25, -0.2) is 0 Å². The molecule has 0 aromatic carbocycles. The summed E-state index contributed by atoms with van der Waals surface area (Å²) in [7, 11) is 1.65. The molecule has 0 spiro atoms. The van der Waals surface area contributed by atoms with Crippen molar-refractivity contribution in [2.75, 3.05) is 12.9 Å². The third-order valence-corrected chi connectivity index (χ3v) is 4.56. The Labute approximate surface area is 106 Å². The molecule has 2 heterocycles. The van der Waals surface area contributed by atoms with Gasteiger partial charge in [0, 0.05) is 11.4 Å². The van der Waals surface area contributed by atoms with Crippen molar-refractivity contribution in [3.8, 4) is 5.75 Å². The zero-order valence-corrected chi connectivity index (χ0v) is 10.9. The van der Waals surface area contributed by atoms with Crippen LogP contribution < -0.4 is 16.0 Å². The molecule has 0 saturated carbocycles. The normalized spacial score (nSPS) is 22.1. The van der Waals surface area contributed by atoms with E-state index in [0.29, 0.717) is 5.25 Å². The monoisotopic (exact) mass is 253 g/mol. The van der Waals surface area contributed by atoms with E-state index < -0.39 is 0 Å². The molecule has 0 radical (unpaired) electrons. The summed E-state index contributed by atoms with van der Waals surface area (Å²) in [5.41, 5.74) is 4.03. The Morgan fingerprint density at radius 1 is 1.53 bits per heavy atom. The van der Waals surface area contributed by atoms with Crippen molar-refractivity contribution in [3.05, 3.63) is 24.0 Å². The zero-order valence-electron chi connectivity index (χ0n) is 10.1. The van der Waals surface area contributed by atoms with E-state index in [0.717, 1.165) is 11.3 Å². The maximum Gasteiger partial charge on any atom is 0.137 e. The molecule has 0 amide bonds. The van der Waals surface area contributed by atoms with Crippen LogP contribution in [-0.2, 0) is 0 Å². The molecule has 2 unspecified atom stereocenters. The first-order valence-corrected chi connectivity index (χ1v) is 6.96. The molecule has 4 nitrogen and oxygen atoms in total. The Balaban J connectivity index is 2.15. The number of nitrogens with one attached hydrogen (secondary N) is 1. The lowest BCUT2D eigenvalue weighted by Gasteiger charge is -2.29. The molecule has 1 aromatic heterocycles. The fourth-order valence-electron chi connectivity index (χ4n) is 2.16. The summed E-state index contributed by atoms with van der Waals surface area (Å²) in [6, 6.07) is 2.16. The van der Waals surface area contributed by atoms with Gasteiger partial charge in [-0.1, -0.05) is 6.42 Å². The van der Waals surface area contributed by atoms with Crippen LogP contribution in [0.4, 0.5) is 0 Å². The number of nitrogens with two attached hydrogens (primary N) is 1. The second-order valence-electron chi connectivity index (χ2n) is 4.21. The minimum absolute atomic E-state index is 0.155. The second-order valence-corrected chi connectivity index (χ2v) is 5.55. The van der Waals surface area contributed by atoms with E-state index in [1.807, 2.05) is 24.0 Å². The molecule has 0 aliphatic carbocycles. The van der Waals surface area contributed by atoms with Crippen LogP contribution in [0.15, 0.2) is 18.5 Å². The number of aromatic nitrogens is 1. The van der Waals surface area contributed by atoms with Crippen molar-refractivity contribution in [1.82, 2.24) is 10.4 Å². The number of rotatable bonds is 4. The smallest absolute Gasteiger partial charge is 0.137 e. The van der Waals surface area contributed by atoms with Crippen LogP contribution in [0.5, 0.6) is 5.75 Å². The average molecular weight is 253 g/mol. The standard InChI is InChI=1S/C12H19N3OS/c1-16-10-6-9(7-14-8-10)12(15-13)11-4-2-3-5-17-11/h6-8,11-12,15H,2-5,13H2,1H3. The van der Waals surface area contributed by atoms with Gasteiger partial charge in [0.05, 0.1) is 19.3 Å². The molecule has 5 heteroatoms. The number of hydrogen-bond acceptors (Lipinski definition) is 5. The van der Waals surface area contributed by atoms with Crippen LogP contribution in [0.2, 0.25) is 0 Å². The van der Waals surface area contributed by atoms with Crippen LogP contribution in [-0.4, -0.2) is 23.1 Å². The Kier molecular flexibility index (Phi) is 4.65. The molecule has 1 aliphatic heterocycles. The molecular formula is C12H19N3OS. The Bertz CT molecular complexity index is 355. The van der Waals surface area contributed by atoms with Gasteiger partial charge in [-0.2, -0.15) is 11.8 Å². The van der Waals surface area contributed by atoms with E-state index >= 15 is 0 Å². The lowest BCUT2D eigenvalue weighted by Crippen LogP contribution is -2.36. The van der Waals surface area contributed by atoms with Crippen LogP contribution in [0.1, 0.15) is 30.9 Å². The molecule has 2 atom stereocenters. The van der Waals surface area contributed by atoms with E-state index in [1.54, 1.807) is 13.3 Å². The van der Waals surface area contributed by atoms with Gasteiger partial charge < -0.3 is 4.74 Å². The van der Waals surface area contributed by atoms with Crippen molar-refractivity contribution in [1.29, 1.82) is 0 Å². The first-order chi connectivity index (χ1) is 8.35. The van der Waals surface area contributed by atoms with Crippen LogP contribution in [0.3, 0.4) is 0 Å². The Hall–Kier alpha value is -0.780. The molecule has 1 aliphatic rings. The van der Waals surface area contributed by atoms with Gasteiger partial charge in [0.25, 0.3) is 0 Å². The van der Waals surface area contributed by atoms with E-state index in [9.17, 15) is 0 Å². The molecule has 2 rings (SSSR count).